The molecule has 1 saturated heterocycles. The van der Waals surface area contributed by atoms with Crippen LogP contribution in [-0.4, -0.2) is 59.4 Å². The van der Waals surface area contributed by atoms with E-state index < -0.39 is 12.0 Å². The molecule has 1 atom stereocenters. The third-order valence-corrected chi connectivity index (χ3v) is 5.24. The van der Waals surface area contributed by atoms with Gasteiger partial charge in [0.2, 0.25) is 0 Å². The fraction of sp³-hybridized carbons (Fsp3) is 0.333. The minimum Gasteiger partial charge on any atom is -0.480 e. The summed E-state index contributed by atoms with van der Waals surface area (Å²) in [5.41, 5.74) is 2.30. The number of hydrogen-bond acceptors (Lipinski definition) is 6. The number of amides is 1. The predicted octanol–water partition coefficient (Wildman–Crippen LogP) is 2.58. The van der Waals surface area contributed by atoms with Gasteiger partial charge in [0.15, 0.2) is 0 Å². The number of likely N-dealkylation sites (tertiary alicyclic amines) is 1. The summed E-state index contributed by atoms with van der Waals surface area (Å²) in [5.74, 6) is -1.34. The highest BCUT2D eigenvalue weighted by molar-refractivity contribution is 5.95. The maximum absolute atomic E-state index is 13.1. The van der Waals surface area contributed by atoms with Gasteiger partial charge in [0.25, 0.3) is 5.91 Å². The first-order chi connectivity index (χ1) is 14.6. The van der Waals surface area contributed by atoms with Gasteiger partial charge in [-0.1, -0.05) is 24.5 Å². The molecule has 0 aliphatic carbocycles. The van der Waals surface area contributed by atoms with Crippen molar-refractivity contribution in [2.75, 3.05) is 6.54 Å². The molecule has 0 bridgehead atoms. The molecule has 9 heteroatoms. The van der Waals surface area contributed by atoms with E-state index in [2.05, 4.69) is 20.3 Å². The van der Waals surface area contributed by atoms with Gasteiger partial charge >= 0.3 is 5.97 Å². The molecule has 3 aromatic heterocycles. The lowest BCUT2D eigenvalue weighted by atomic mass is 10.0. The number of aliphatic carboxylic acids is 1. The zero-order chi connectivity index (χ0) is 20.9. The van der Waals surface area contributed by atoms with Gasteiger partial charge < -0.3 is 10.0 Å². The Bertz CT molecular complexity index is 1040. The third-order valence-electron chi connectivity index (χ3n) is 5.24. The van der Waals surface area contributed by atoms with E-state index in [-0.39, 0.29) is 11.6 Å². The number of rotatable bonds is 4. The van der Waals surface area contributed by atoms with E-state index in [0.717, 1.165) is 31.4 Å². The molecular formula is C21H22N6O3. The predicted molar refractivity (Wildman–Crippen MR) is 108 cm³/mol. The summed E-state index contributed by atoms with van der Waals surface area (Å²) < 4.78 is 1.62. The Morgan fingerprint density at radius 1 is 1.03 bits per heavy atom. The molecule has 0 aromatic carbocycles. The van der Waals surface area contributed by atoms with Crippen LogP contribution >= 0.6 is 0 Å². The normalized spacial score (nSPS) is 17.2. The number of carbonyl (C=O) groups is 2. The van der Waals surface area contributed by atoms with E-state index in [9.17, 15) is 14.7 Å². The zero-order valence-corrected chi connectivity index (χ0v) is 16.4. The van der Waals surface area contributed by atoms with Crippen LogP contribution in [0.3, 0.4) is 0 Å². The van der Waals surface area contributed by atoms with Crippen LogP contribution < -0.4 is 0 Å². The maximum Gasteiger partial charge on any atom is 0.326 e. The summed E-state index contributed by atoms with van der Waals surface area (Å²) in [7, 11) is 0. The summed E-state index contributed by atoms with van der Waals surface area (Å²) in [5, 5.41) is 17.9. The average Bonchev–Trinajstić information content (AvgIpc) is 3.24. The molecule has 1 N–H and O–H groups in total. The van der Waals surface area contributed by atoms with Crippen LogP contribution in [0.25, 0.3) is 16.9 Å². The molecule has 0 spiro atoms. The van der Waals surface area contributed by atoms with Crippen molar-refractivity contribution < 1.29 is 14.7 Å². The summed E-state index contributed by atoms with van der Waals surface area (Å²) in [4.78, 5) is 34.5. The number of carboxylic acid groups (broad SMARTS) is 1. The second-order valence-electron chi connectivity index (χ2n) is 7.24. The van der Waals surface area contributed by atoms with Gasteiger partial charge in [-0.05, 0) is 37.1 Å². The second-order valence-corrected chi connectivity index (χ2v) is 7.24. The van der Waals surface area contributed by atoms with Crippen molar-refractivity contribution in [3.63, 3.8) is 0 Å². The number of carboxylic acids is 1. The highest BCUT2D eigenvalue weighted by atomic mass is 16.4. The standard InChI is InChI=1S/C21H22N6O3/c28-20(26-12-4-2-1-3-5-19(26)21(29)30)17-13-15(6-11-23-17)18-14-27(25-24-18)16-7-9-22-10-8-16/h6-11,13-14,19H,1-5,12H2,(H,29,30). The maximum atomic E-state index is 13.1. The number of carbonyl (C=O) groups excluding carboxylic acids is 1. The highest BCUT2D eigenvalue weighted by Gasteiger charge is 2.31. The topological polar surface area (TPSA) is 114 Å². The van der Waals surface area contributed by atoms with Crippen molar-refractivity contribution in [3.05, 3.63) is 54.7 Å². The first-order valence-corrected chi connectivity index (χ1v) is 9.96. The van der Waals surface area contributed by atoms with E-state index in [1.165, 1.54) is 11.1 Å². The van der Waals surface area contributed by atoms with Crippen molar-refractivity contribution in [2.24, 2.45) is 0 Å². The molecular weight excluding hydrogens is 384 g/mol. The SMILES string of the molecule is O=C(O)C1CCCCCCN1C(=O)c1cc(-c2cn(-c3ccncc3)nn2)ccn1. The van der Waals surface area contributed by atoms with Gasteiger partial charge in [0, 0.05) is 30.7 Å². The van der Waals surface area contributed by atoms with Gasteiger partial charge in [0.1, 0.15) is 17.4 Å². The lowest BCUT2D eigenvalue weighted by molar-refractivity contribution is -0.142. The lowest BCUT2D eigenvalue weighted by Gasteiger charge is -2.30. The largest absolute Gasteiger partial charge is 0.480 e. The smallest absolute Gasteiger partial charge is 0.326 e. The van der Waals surface area contributed by atoms with Crippen LogP contribution in [0, 0.1) is 0 Å². The van der Waals surface area contributed by atoms with Gasteiger partial charge in [-0.15, -0.1) is 5.10 Å². The molecule has 1 fully saturated rings. The molecule has 9 nitrogen and oxygen atoms in total. The van der Waals surface area contributed by atoms with E-state index in [1.807, 2.05) is 12.1 Å². The summed E-state index contributed by atoms with van der Waals surface area (Å²) >= 11 is 0. The van der Waals surface area contributed by atoms with E-state index in [0.29, 0.717) is 24.2 Å². The van der Waals surface area contributed by atoms with Crippen molar-refractivity contribution in [1.29, 1.82) is 0 Å². The molecule has 3 aromatic rings. The summed E-state index contributed by atoms with van der Waals surface area (Å²) in [6, 6.07) is 6.19. The Hall–Kier alpha value is -3.62. The molecule has 1 aliphatic rings. The quantitative estimate of drug-likeness (QED) is 0.708. The van der Waals surface area contributed by atoms with E-state index in [1.54, 1.807) is 35.4 Å². The van der Waals surface area contributed by atoms with Crippen LogP contribution in [0.2, 0.25) is 0 Å². The van der Waals surface area contributed by atoms with Gasteiger partial charge in [-0.2, -0.15) is 0 Å². The fourth-order valence-corrected chi connectivity index (χ4v) is 3.66. The van der Waals surface area contributed by atoms with Crippen LogP contribution in [0.1, 0.15) is 42.6 Å². The highest BCUT2D eigenvalue weighted by Crippen LogP contribution is 2.22. The van der Waals surface area contributed by atoms with Crippen molar-refractivity contribution >= 4 is 11.9 Å². The van der Waals surface area contributed by atoms with Gasteiger partial charge in [-0.25, -0.2) is 9.48 Å². The summed E-state index contributed by atoms with van der Waals surface area (Å²) in [6.07, 6.45) is 10.7. The van der Waals surface area contributed by atoms with Crippen molar-refractivity contribution in [1.82, 2.24) is 29.9 Å². The Morgan fingerprint density at radius 3 is 2.63 bits per heavy atom. The molecule has 154 valence electrons. The molecule has 0 saturated carbocycles. The first kappa shape index (κ1) is 19.7. The average molecular weight is 406 g/mol. The van der Waals surface area contributed by atoms with Crippen molar-refractivity contribution in [2.45, 2.75) is 38.1 Å². The number of nitrogens with zero attached hydrogens (tertiary/aromatic N) is 6. The zero-order valence-electron chi connectivity index (χ0n) is 16.4. The first-order valence-electron chi connectivity index (χ1n) is 9.96. The Kier molecular flexibility index (Phi) is 5.78. The Balaban J connectivity index is 1.60. The minimum absolute atomic E-state index is 0.206. The van der Waals surface area contributed by atoms with Crippen LogP contribution in [-0.2, 0) is 4.79 Å². The summed E-state index contributed by atoms with van der Waals surface area (Å²) in [6.45, 7) is 0.417. The van der Waals surface area contributed by atoms with Crippen LogP contribution in [0.4, 0.5) is 0 Å². The molecule has 4 heterocycles. The lowest BCUT2D eigenvalue weighted by Crippen LogP contribution is -2.46. The van der Waals surface area contributed by atoms with E-state index >= 15 is 0 Å². The third kappa shape index (κ3) is 4.19. The van der Waals surface area contributed by atoms with E-state index in [4.69, 9.17) is 0 Å². The Morgan fingerprint density at radius 2 is 1.83 bits per heavy atom. The second kappa shape index (κ2) is 8.81. The molecule has 30 heavy (non-hydrogen) atoms. The minimum atomic E-state index is -0.971. The van der Waals surface area contributed by atoms with Crippen molar-refractivity contribution in [3.8, 4) is 16.9 Å². The van der Waals surface area contributed by atoms with Crippen LogP contribution in [0.15, 0.2) is 49.1 Å². The fourth-order valence-electron chi connectivity index (χ4n) is 3.66. The van der Waals surface area contributed by atoms with Gasteiger partial charge in [-0.3, -0.25) is 14.8 Å². The molecule has 0 radical (unpaired) electrons. The molecule has 1 amide bonds. The van der Waals surface area contributed by atoms with Gasteiger partial charge in [0.05, 0.1) is 11.9 Å². The number of aromatic nitrogens is 5. The monoisotopic (exact) mass is 406 g/mol. The number of hydrogen-bond donors (Lipinski definition) is 1. The molecule has 1 unspecified atom stereocenters. The Labute approximate surface area is 173 Å². The molecule has 1 aliphatic heterocycles. The molecule has 4 rings (SSSR count). The van der Waals surface area contributed by atoms with Crippen LogP contribution in [0.5, 0.6) is 0 Å². The number of pyridine rings is 2.